The number of carboxylic acid groups (broad SMARTS) is 1. The van der Waals surface area contributed by atoms with Gasteiger partial charge in [-0.1, -0.05) is 47.1 Å². The van der Waals surface area contributed by atoms with E-state index in [4.69, 9.17) is 4.52 Å². The molecule has 0 aliphatic carbocycles. The SMILES string of the molecule is Cc1ccc(-c2noc3ccccc23)c(C(Cc2ccccn2)NC(=O)O)c1. The number of carbonyl (C=O) groups is 1. The molecule has 0 aliphatic heterocycles. The smallest absolute Gasteiger partial charge is 0.405 e. The summed E-state index contributed by atoms with van der Waals surface area (Å²) in [6.45, 7) is 1.98. The molecule has 0 radical (unpaired) electrons. The van der Waals surface area contributed by atoms with Crippen molar-refractivity contribution in [3.63, 3.8) is 0 Å². The van der Waals surface area contributed by atoms with Gasteiger partial charge < -0.3 is 14.9 Å². The maximum Gasteiger partial charge on any atom is 0.405 e. The molecule has 2 aromatic carbocycles. The van der Waals surface area contributed by atoms with Gasteiger partial charge in [0.2, 0.25) is 0 Å². The van der Waals surface area contributed by atoms with Crippen LogP contribution in [-0.4, -0.2) is 21.3 Å². The Morgan fingerprint density at radius 2 is 1.96 bits per heavy atom. The number of hydrogen-bond donors (Lipinski definition) is 2. The Labute approximate surface area is 161 Å². The van der Waals surface area contributed by atoms with Crippen molar-refractivity contribution in [2.45, 2.75) is 19.4 Å². The average molecular weight is 373 g/mol. The summed E-state index contributed by atoms with van der Waals surface area (Å²) in [6.07, 6.45) is 1.05. The van der Waals surface area contributed by atoms with Crippen molar-refractivity contribution in [2.75, 3.05) is 0 Å². The van der Waals surface area contributed by atoms with Crippen LogP contribution in [0.5, 0.6) is 0 Å². The number of benzene rings is 2. The Bertz CT molecular complexity index is 1120. The maximum absolute atomic E-state index is 11.5. The third kappa shape index (κ3) is 3.57. The van der Waals surface area contributed by atoms with Gasteiger partial charge in [-0.2, -0.15) is 0 Å². The van der Waals surface area contributed by atoms with E-state index in [-0.39, 0.29) is 0 Å². The second kappa shape index (κ2) is 7.52. The van der Waals surface area contributed by atoms with Gasteiger partial charge in [0.15, 0.2) is 5.58 Å². The summed E-state index contributed by atoms with van der Waals surface area (Å²) in [5.41, 5.74) is 4.90. The van der Waals surface area contributed by atoms with Crippen LogP contribution >= 0.6 is 0 Å². The molecule has 0 spiro atoms. The second-order valence-electron chi connectivity index (χ2n) is 6.65. The first kappa shape index (κ1) is 17.7. The highest BCUT2D eigenvalue weighted by atomic mass is 16.5. The molecule has 4 aromatic rings. The predicted octanol–water partition coefficient (Wildman–Crippen LogP) is 4.75. The largest absolute Gasteiger partial charge is 0.465 e. The second-order valence-corrected chi connectivity index (χ2v) is 6.65. The van der Waals surface area contributed by atoms with E-state index in [1.807, 2.05) is 67.6 Å². The summed E-state index contributed by atoms with van der Waals surface area (Å²) < 4.78 is 5.47. The van der Waals surface area contributed by atoms with Crippen molar-refractivity contribution in [2.24, 2.45) is 0 Å². The minimum Gasteiger partial charge on any atom is -0.465 e. The van der Waals surface area contributed by atoms with E-state index in [9.17, 15) is 9.90 Å². The molecule has 0 fully saturated rings. The fourth-order valence-corrected chi connectivity index (χ4v) is 3.38. The number of fused-ring (bicyclic) bond motifs is 1. The minimum absolute atomic E-state index is 0.430. The van der Waals surface area contributed by atoms with Crippen LogP contribution in [0.3, 0.4) is 0 Å². The van der Waals surface area contributed by atoms with E-state index in [1.54, 1.807) is 6.20 Å². The number of nitrogens with zero attached hydrogens (tertiary/aromatic N) is 2. The van der Waals surface area contributed by atoms with Gasteiger partial charge in [0.1, 0.15) is 5.69 Å². The van der Waals surface area contributed by atoms with Crippen molar-refractivity contribution < 1.29 is 14.4 Å². The number of aromatic nitrogens is 2. The Kier molecular flexibility index (Phi) is 4.76. The zero-order chi connectivity index (χ0) is 19.5. The lowest BCUT2D eigenvalue weighted by Crippen LogP contribution is -2.29. The number of para-hydroxylation sites is 1. The van der Waals surface area contributed by atoms with Crippen LogP contribution in [0.2, 0.25) is 0 Å². The lowest BCUT2D eigenvalue weighted by atomic mass is 9.92. The number of amides is 1. The highest BCUT2D eigenvalue weighted by Gasteiger charge is 2.22. The van der Waals surface area contributed by atoms with Crippen molar-refractivity contribution in [3.05, 3.63) is 83.7 Å². The Morgan fingerprint density at radius 3 is 2.75 bits per heavy atom. The molecule has 0 saturated heterocycles. The highest BCUT2D eigenvalue weighted by Crippen LogP contribution is 2.34. The van der Waals surface area contributed by atoms with Crippen LogP contribution in [0.25, 0.3) is 22.2 Å². The summed E-state index contributed by atoms with van der Waals surface area (Å²) in [7, 11) is 0. The molecule has 6 nitrogen and oxygen atoms in total. The van der Waals surface area contributed by atoms with Gasteiger partial charge in [-0.05, 0) is 36.8 Å². The standard InChI is InChI=1S/C22H19N3O3/c1-14-9-10-16(21-17-7-2-3-8-20(17)28-25-21)18(12-14)19(24-22(26)27)13-15-6-4-5-11-23-15/h2-12,19,24H,13H2,1H3,(H,26,27). The molecule has 1 amide bonds. The van der Waals surface area contributed by atoms with Crippen LogP contribution in [0, 0.1) is 6.92 Å². The molecule has 0 aliphatic rings. The molecule has 2 heterocycles. The van der Waals surface area contributed by atoms with E-state index < -0.39 is 12.1 Å². The molecule has 0 saturated carbocycles. The molecule has 2 aromatic heterocycles. The van der Waals surface area contributed by atoms with E-state index in [2.05, 4.69) is 15.5 Å². The predicted molar refractivity (Wildman–Crippen MR) is 106 cm³/mol. The van der Waals surface area contributed by atoms with Crippen molar-refractivity contribution in [1.29, 1.82) is 0 Å². The Morgan fingerprint density at radius 1 is 1.14 bits per heavy atom. The van der Waals surface area contributed by atoms with Crippen LogP contribution in [0.4, 0.5) is 4.79 Å². The topological polar surface area (TPSA) is 88.3 Å². The van der Waals surface area contributed by atoms with Crippen molar-refractivity contribution >= 4 is 17.1 Å². The molecule has 1 atom stereocenters. The van der Waals surface area contributed by atoms with Crippen LogP contribution < -0.4 is 5.32 Å². The minimum atomic E-state index is -1.08. The van der Waals surface area contributed by atoms with E-state index in [0.29, 0.717) is 17.7 Å². The summed E-state index contributed by atoms with van der Waals surface area (Å²) >= 11 is 0. The molecule has 140 valence electrons. The van der Waals surface area contributed by atoms with E-state index in [0.717, 1.165) is 27.8 Å². The van der Waals surface area contributed by atoms with E-state index in [1.165, 1.54) is 0 Å². The Hall–Kier alpha value is -3.67. The molecule has 0 bridgehead atoms. The first-order chi connectivity index (χ1) is 13.6. The summed E-state index contributed by atoms with van der Waals surface area (Å²) in [6, 6.07) is 18.7. The normalized spacial score (nSPS) is 12.0. The number of rotatable bonds is 5. The highest BCUT2D eigenvalue weighted by molar-refractivity contribution is 5.92. The maximum atomic E-state index is 11.5. The Balaban J connectivity index is 1.84. The van der Waals surface area contributed by atoms with Gasteiger partial charge in [-0.25, -0.2) is 4.79 Å². The summed E-state index contributed by atoms with van der Waals surface area (Å²) in [5, 5.41) is 17.2. The third-order valence-electron chi connectivity index (χ3n) is 4.65. The van der Waals surface area contributed by atoms with Gasteiger partial charge in [0, 0.05) is 29.3 Å². The fourth-order valence-electron chi connectivity index (χ4n) is 3.38. The van der Waals surface area contributed by atoms with Gasteiger partial charge in [0.05, 0.1) is 6.04 Å². The van der Waals surface area contributed by atoms with Gasteiger partial charge in [-0.3, -0.25) is 4.98 Å². The molecule has 1 unspecified atom stereocenters. The fraction of sp³-hybridized carbons (Fsp3) is 0.136. The molecular weight excluding hydrogens is 354 g/mol. The van der Waals surface area contributed by atoms with Crippen LogP contribution in [0.1, 0.15) is 22.9 Å². The van der Waals surface area contributed by atoms with Crippen molar-refractivity contribution in [1.82, 2.24) is 15.5 Å². The lowest BCUT2D eigenvalue weighted by molar-refractivity contribution is 0.189. The zero-order valence-electron chi connectivity index (χ0n) is 15.3. The number of aryl methyl sites for hydroxylation is 1. The molecule has 4 rings (SSSR count). The number of pyridine rings is 1. The molecular formula is C22H19N3O3. The molecule has 6 heteroatoms. The van der Waals surface area contributed by atoms with Crippen LogP contribution in [-0.2, 0) is 6.42 Å². The number of nitrogens with one attached hydrogen (secondary N) is 1. The van der Waals surface area contributed by atoms with Gasteiger partial charge in [0.25, 0.3) is 0 Å². The molecule has 28 heavy (non-hydrogen) atoms. The first-order valence-corrected chi connectivity index (χ1v) is 8.96. The first-order valence-electron chi connectivity index (χ1n) is 8.96. The lowest BCUT2D eigenvalue weighted by Gasteiger charge is -2.20. The summed E-state index contributed by atoms with van der Waals surface area (Å²) in [5.74, 6) is 0. The third-order valence-corrected chi connectivity index (χ3v) is 4.65. The average Bonchev–Trinajstić information content (AvgIpc) is 3.12. The molecule has 2 N–H and O–H groups in total. The van der Waals surface area contributed by atoms with Crippen molar-refractivity contribution in [3.8, 4) is 11.3 Å². The monoisotopic (exact) mass is 373 g/mol. The van der Waals surface area contributed by atoms with Gasteiger partial charge >= 0.3 is 6.09 Å². The van der Waals surface area contributed by atoms with Gasteiger partial charge in [-0.15, -0.1) is 0 Å². The van der Waals surface area contributed by atoms with Crippen LogP contribution in [0.15, 0.2) is 71.4 Å². The summed E-state index contributed by atoms with van der Waals surface area (Å²) in [4.78, 5) is 15.9. The quantitative estimate of drug-likeness (QED) is 0.527. The van der Waals surface area contributed by atoms with E-state index >= 15 is 0 Å². The zero-order valence-corrected chi connectivity index (χ0v) is 15.3. The number of hydrogen-bond acceptors (Lipinski definition) is 4.